The van der Waals surface area contributed by atoms with Gasteiger partial charge in [0.2, 0.25) is 0 Å². The molecule has 0 fully saturated rings. The predicted octanol–water partition coefficient (Wildman–Crippen LogP) is 0.425. The minimum Gasteiger partial charge on any atom is -0.378 e. The Morgan fingerprint density at radius 1 is 1.29 bits per heavy atom. The zero-order chi connectivity index (χ0) is 15.8. The van der Waals surface area contributed by atoms with Crippen LogP contribution in [0.3, 0.4) is 0 Å². The van der Waals surface area contributed by atoms with Crippen molar-refractivity contribution in [3.05, 3.63) is 33.9 Å². The third-order valence-corrected chi connectivity index (χ3v) is 2.53. The molecule has 0 spiro atoms. The summed E-state index contributed by atoms with van der Waals surface area (Å²) in [5.41, 5.74) is 5.27. The van der Waals surface area contributed by atoms with Crippen LogP contribution in [0.5, 0.6) is 0 Å². The first-order valence-corrected chi connectivity index (χ1v) is 6.29. The van der Waals surface area contributed by atoms with E-state index in [1.807, 2.05) is 0 Å². The highest BCUT2D eigenvalue weighted by Crippen LogP contribution is 2.25. The van der Waals surface area contributed by atoms with E-state index in [1.54, 1.807) is 6.92 Å². The molecule has 3 amide bonds. The zero-order valence-electron chi connectivity index (χ0n) is 11.5. The number of nitrogens with one attached hydrogen (secondary N) is 3. The molecule has 0 aromatic heterocycles. The molecular weight excluding hydrogens is 278 g/mol. The van der Waals surface area contributed by atoms with Gasteiger partial charge in [0.1, 0.15) is 5.69 Å². The molecule has 1 rings (SSSR count). The second-order valence-electron chi connectivity index (χ2n) is 4.07. The Morgan fingerprint density at radius 3 is 2.57 bits per heavy atom. The van der Waals surface area contributed by atoms with Crippen LogP contribution in [-0.4, -0.2) is 36.5 Å². The minimum atomic E-state index is -0.678. The largest absolute Gasteiger partial charge is 0.378 e. The Hall–Kier alpha value is -2.84. The summed E-state index contributed by atoms with van der Waals surface area (Å²) in [4.78, 5) is 32.6. The summed E-state index contributed by atoms with van der Waals surface area (Å²) < 4.78 is 0. The zero-order valence-corrected chi connectivity index (χ0v) is 11.5. The third-order valence-electron chi connectivity index (χ3n) is 2.53. The smallest absolute Gasteiger partial charge is 0.312 e. The highest BCUT2D eigenvalue weighted by Gasteiger charge is 2.16. The van der Waals surface area contributed by atoms with E-state index in [4.69, 9.17) is 5.73 Å². The van der Waals surface area contributed by atoms with Crippen LogP contribution in [0.15, 0.2) is 18.2 Å². The predicted molar refractivity (Wildman–Crippen MR) is 77.2 cm³/mol. The first-order valence-electron chi connectivity index (χ1n) is 6.29. The Labute approximate surface area is 121 Å². The Kier molecular flexibility index (Phi) is 5.93. The molecule has 0 heterocycles. The lowest BCUT2D eigenvalue weighted by Crippen LogP contribution is -2.33. The molecule has 5 N–H and O–H groups in total. The van der Waals surface area contributed by atoms with Gasteiger partial charge >= 0.3 is 6.03 Å². The van der Waals surface area contributed by atoms with Crippen LogP contribution in [0.4, 0.5) is 16.2 Å². The molecular formula is C12H17N5O4. The van der Waals surface area contributed by atoms with E-state index in [0.29, 0.717) is 12.1 Å². The van der Waals surface area contributed by atoms with Gasteiger partial charge in [-0.1, -0.05) is 0 Å². The lowest BCUT2D eigenvalue weighted by Gasteiger charge is -2.09. The number of amides is 3. The molecule has 0 aliphatic carbocycles. The minimum absolute atomic E-state index is 0.151. The maximum atomic E-state index is 11.7. The van der Waals surface area contributed by atoms with Crippen molar-refractivity contribution in [3.8, 4) is 0 Å². The molecule has 0 unspecified atom stereocenters. The average molecular weight is 295 g/mol. The van der Waals surface area contributed by atoms with E-state index in [9.17, 15) is 19.7 Å². The maximum Gasteiger partial charge on any atom is 0.312 e. The number of nitrogens with two attached hydrogens (primary N) is 1. The van der Waals surface area contributed by atoms with E-state index in [1.165, 1.54) is 18.2 Å². The molecule has 0 saturated heterocycles. The molecule has 9 heteroatoms. The number of benzene rings is 1. The summed E-state index contributed by atoms with van der Waals surface area (Å²) in [6.45, 7) is 2.68. The van der Waals surface area contributed by atoms with E-state index in [-0.39, 0.29) is 30.4 Å². The topological polar surface area (TPSA) is 139 Å². The number of nitro benzene ring substituents is 1. The Morgan fingerprint density at radius 2 is 2.00 bits per heavy atom. The van der Waals surface area contributed by atoms with Crippen molar-refractivity contribution in [2.24, 2.45) is 5.73 Å². The van der Waals surface area contributed by atoms with Crippen molar-refractivity contribution in [3.63, 3.8) is 0 Å². The van der Waals surface area contributed by atoms with Gasteiger partial charge in [-0.2, -0.15) is 0 Å². The molecule has 0 atom stereocenters. The van der Waals surface area contributed by atoms with Crippen molar-refractivity contribution in [2.45, 2.75) is 6.92 Å². The van der Waals surface area contributed by atoms with E-state index in [0.717, 1.165) is 0 Å². The molecule has 0 aliphatic heterocycles. The second kappa shape index (κ2) is 7.68. The number of primary amides is 1. The number of nitro groups is 1. The average Bonchev–Trinajstić information content (AvgIpc) is 2.43. The van der Waals surface area contributed by atoms with Gasteiger partial charge in [0.05, 0.1) is 4.92 Å². The van der Waals surface area contributed by atoms with Gasteiger partial charge in [0.15, 0.2) is 0 Å². The van der Waals surface area contributed by atoms with Crippen LogP contribution >= 0.6 is 0 Å². The second-order valence-corrected chi connectivity index (χ2v) is 4.07. The molecule has 114 valence electrons. The SMILES string of the molecule is CCNC(=O)c1ccc([N+](=O)[O-])c(NCCNC(N)=O)c1. The van der Waals surface area contributed by atoms with Gasteiger partial charge in [0.25, 0.3) is 11.6 Å². The van der Waals surface area contributed by atoms with Gasteiger partial charge in [0, 0.05) is 31.3 Å². The summed E-state index contributed by atoms with van der Waals surface area (Å²) in [6, 6.07) is 3.36. The lowest BCUT2D eigenvalue weighted by molar-refractivity contribution is -0.384. The summed E-state index contributed by atoms with van der Waals surface area (Å²) in [5.74, 6) is -0.314. The normalized spacial score (nSPS) is 9.76. The van der Waals surface area contributed by atoms with Crippen LogP contribution < -0.4 is 21.7 Å². The van der Waals surface area contributed by atoms with Gasteiger partial charge < -0.3 is 21.7 Å². The molecule has 1 aromatic rings. The molecule has 0 saturated carbocycles. The molecule has 0 bridgehead atoms. The van der Waals surface area contributed by atoms with E-state index < -0.39 is 11.0 Å². The standard InChI is InChI=1S/C12H17N5O4/c1-2-14-11(18)8-3-4-10(17(20)21)9(7-8)15-5-6-16-12(13)19/h3-4,7,15H,2,5-6H2,1H3,(H,14,18)(H3,13,16,19). The number of nitrogens with zero attached hydrogens (tertiary/aromatic N) is 1. The van der Waals surface area contributed by atoms with Crippen molar-refractivity contribution >= 4 is 23.3 Å². The van der Waals surface area contributed by atoms with Gasteiger partial charge in [-0.05, 0) is 19.1 Å². The summed E-state index contributed by atoms with van der Waals surface area (Å²) in [7, 11) is 0. The first kappa shape index (κ1) is 16.2. The fourth-order valence-electron chi connectivity index (χ4n) is 1.62. The van der Waals surface area contributed by atoms with E-state index >= 15 is 0 Å². The summed E-state index contributed by atoms with van der Waals surface area (Å²) >= 11 is 0. The Balaban J connectivity index is 2.86. The fraction of sp³-hybridized carbons (Fsp3) is 0.333. The van der Waals surface area contributed by atoms with Crippen LogP contribution in [0, 0.1) is 10.1 Å². The van der Waals surface area contributed by atoms with Crippen molar-refractivity contribution in [1.29, 1.82) is 0 Å². The molecule has 0 radical (unpaired) electrons. The summed E-state index contributed by atoms with van der Waals surface area (Å²) in [6.07, 6.45) is 0. The highest BCUT2D eigenvalue weighted by atomic mass is 16.6. The quantitative estimate of drug-likeness (QED) is 0.328. The number of hydrogen-bond donors (Lipinski definition) is 4. The molecule has 1 aromatic carbocycles. The highest BCUT2D eigenvalue weighted by molar-refractivity contribution is 5.95. The number of urea groups is 1. The van der Waals surface area contributed by atoms with Crippen LogP contribution in [-0.2, 0) is 0 Å². The van der Waals surface area contributed by atoms with Crippen molar-refractivity contribution in [1.82, 2.24) is 10.6 Å². The van der Waals surface area contributed by atoms with E-state index in [2.05, 4.69) is 16.0 Å². The fourth-order valence-corrected chi connectivity index (χ4v) is 1.62. The number of anilines is 1. The van der Waals surface area contributed by atoms with Gasteiger partial charge in [-0.25, -0.2) is 4.79 Å². The van der Waals surface area contributed by atoms with Crippen LogP contribution in [0.2, 0.25) is 0 Å². The number of carbonyl (C=O) groups excluding carboxylic acids is 2. The molecule has 0 aliphatic rings. The number of hydrogen-bond acceptors (Lipinski definition) is 5. The molecule has 21 heavy (non-hydrogen) atoms. The Bertz CT molecular complexity index is 546. The van der Waals surface area contributed by atoms with Crippen LogP contribution in [0.25, 0.3) is 0 Å². The number of carbonyl (C=O) groups is 2. The van der Waals surface area contributed by atoms with Crippen molar-refractivity contribution in [2.75, 3.05) is 25.0 Å². The van der Waals surface area contributed by atoms with Crippen molar-refractivity contribution < 1.29 is 14.5 Å². The van der Waals surface area contributed by atoms with Gasteiger partial charge in [-0.15, -0.1) is 0 Å². The summed E-state index contributed by atoms with van der Waals surface area (Å²) in [5, 5.41) is 18.7. The number of rotatable bonds is 7. The molecule has 9 nitrogen and oxygen atoms in total. The first-order chi connectivity index (χ1) is 9.95. The monoisotopic (exact) mass is 295 g/mol. The third kappa shape index (κ3) is 4.97. The van der Waals surface area contributed by atoms with Gasteiger partial charge in [-0.3, -0.25) is 14.9 Å². The maximum absolute atomic E-state index is 11.7. The lowest BCUT2D eigenvalue weighted by atomic mass is 10.1. The van der Waals surface area contributed by atoms with Crippen LogP contribution in [0.1, 0.15) is 17.3 Å².